The van der Waals surface area contributed by atoms with Crippen molar-refractivity contribution >= 4 is 16.7 Å². The molecule has 0 aliphatic rings. The fourth-order valence-electron chi connectivity index (χ4n) is 2.16. The molecule has 0 fully saturated rings. The van der Waals surface area contributed by atoms with Gasteiger partial charge in [0.15, 0.2) is 0 Å². The zero-order valence-corrected chi connectivity index (χ0v) is 11.3. The third kappa shape index (κ3) is 2.27. The highest BCUT2D eigenvalue weighted by molar-refractivity contribution is 5.82. The van der Waals surface area contributed by atoms with Crippen LogP contribution < -0.4 is 11.0 Å². The Kier molecular flexibility index (Phi) is 2.98. The number of anilines is 1. The predicted molar refractivity (Wildman–Crippen MR) is 77.6 cm³/mol. The molecule has 0 bridgehead atoms. The molecular formula is C14H15N5O. The quantitative estimate of drug-likeness (QED) is 0.757. The van der Waals surface area contributed by atoms with Crippen molar-refractivity contribution in [3.8, 4) is 0 Å². The monoisotopic (exact) mass is 269 g/mol. The fourth-order valence-corrected chi connectivity index (χ4v) is 2.16. The van der Waals surface area contributed by atoms with E-state index in [1.807, 2.05) is 11.7 Å². The molecule has 0 aliphatic heterocycles. The molecule has 0 unspecified atom stereocenters. The lowest BCUT2D eigenvalue weighted by molar-refractivity contribution is 0.751. The zero-order valence-electron chi connectivity index (χ0n) is 11.3. The van der Waals surface area contributed by atoms with Gasteiger partial charge in [-0.2, -0.15) is 5.10 Å². The van der Waals surface area contributed by atoms with Gasteiger partial charge in [-0.05, 0) is 24.6 Å². The van der Waals surface area contributed by atoms with Crippen molar-refractivity contribution in [1.29, 1.82) is 0 Å². The summed E-state index contributed by atoms with van der Waals surface area (Å²) in [5, 5.41) is 8.78. The van der Waals surface area contributed by atoms with Crippen molar-refractivity contribution in [2.24, 2.45) is 7.05 Å². The Morgan fingerprint density at radius 1 is 1.35 bits per heavy atom. The molecule has 1 aromatic carbocycles. The van der Waals surface area contributed by atoms with Gasteiger partial charge >= 0.3 is 5.69 Å². The number of aromatic nitrogens is 4. The number of benzene rings is 1. The highest BCUT2D eigenvalue weighted by Crippen LogP contribution is 2.18. The van der Waals surface area contributed by atoms with Crippen molar-refractivity contribution in [2.45, 2.75) is 13.5 Å². The first-order valence-corrected chi connectivity index (χ1v) is 6.35. The first-order chi connectivity index (χ1) is 9.63. The van der Waals surface area contributed by atoms with Gasteiger partial charge in [0.2, 0.25) is 0 Å². The Morgan fingerprint density at radius 3 is 3.00 bits per heavy atom. The maximum atomic E-state index is 11.1. The molecule has 102 valence electrons. The largest absolute Gasteiger partial charge is 0.367 e. The van der Waals surface area contributed by atoms with Gasteiger partial charge in [-0.15, -0.1) is 0 Å². The molecular weight excluding hydrogens is 254 g/mol. The molecule has 3 aromatic rings. The van der Waals surface area contributed by atoms with Crippen LogP contribution in [0.2, 0.25) is 0 Å². The molecule has 0 amide bonds. The van der Waals surface area contributed by atoms with E-state index in [0.717, 1.165) is 22.2 Å². The maximum Gasteiger partial charge on any atom is 0.346 e. The molecule has 2 aromatic heterocycles. The fraction of sp³-hybridized carbons (Fsp3) is 0.214. The maximum absolute atomic E-state index is 11.1. The molecule has 6 heteroatoms. The lowest BCUT2D eigenvalue weighted by Gasteiger charge is -2.05. The predicted octanol–water partition coefficient (Wildman–Crippen LogP) is 1.58. The van der Waals surface area contributed by atoms with Gasteiger partial charge < -0.3 is 5.32 Å². The van der Waals surface area contributed by atoms with Gasteiger partial charge in [0.25, 0.3) is 0 Å². The van der Waals surface area contributed by atoms with Crippen LogP contribution in [0.15, 0.2) is 35.3 Å². The number of hydrogen-bond donors (Lipinski definition) is 2. The summed E-state index contributed by atoms with van der Waals surface area (Å²) in [6.07, 6.45) is 1.48. The number of hydrogen-bond acceptors (Lipinski definition) is 4. The molecule has 3 rings (SSSR count). The van der Waals surface area contributed by atoms with Crippen molar-refractivity contribution in [1.82, 2.24) is 19.7 Å². The van der Waals surface area contributed by atoms with Crippen LogP contribution in [0, 0.1) is 6.92 Å². The van der Waals surface area contributed by atoms with E-state index >= 15 is 0 Å². The van der Waals surface area contributed by atoms with Crippen LogP contribution in [-0.2, 0) is 13.6 Å². The van der Waals surface area contributed by atoms with Crippen LogP contribution >= 0.6 is 0 Å². The highest BCUT2D eigenvalue weighted by Gasteiger charge is 2.05. The van der Waals surface area contributed by atoms with E-state index in [0.29, 0.717) is 12.4 Å². The highest BCUT2D eigenvalue weighted by atomic mass is 16.1. The standard InChI is InChI=1S/C14H15N5O/c1-9-11-4-3-10(7-12(11)18-19(9)2)8-16-13-5-6-15-14(20)17-13/h3-7H,8H2,1-2H3,(H2,15,16,17,20). The van der Waals surface area contributed by atoms with Crippen molar-refractivity contribution < 1.29 is 0 Å². The Morgan fingerprint density at radius 2 is 2.20 bits per heavy atom. The molecule has 6 nitrogen and oxygen atoms in total. The van der Waals surface area contributed by atoms with Crippen molar-refractivity contribution in [3.63, 3.8) is 0 Å². The van der Waals surface area contributed by atoms with Crippen molar-refractivity contribution in [3.05, 3.63) is 52.2 Å². The molecule has 0 aliphatic carbocycles. The van der Waals surface area contributed by atoms with E-state index < -0.39 is 0 Å². The average Bonchev–Trinajstić information content (AvgIpc) is 2.72. The number of fused-ring (bicyclic) bond motifs is 1. The number of rotatable bonds is 3. The first kappa shape index (κ1) is 12.4. The summed E-state index contributed by atoms with van der Waals surface area (Å²) in [6.45, 7) is 2.67. The normalized spacial score (nSPS) is 10.9. The summed E-state index contributed by atoms with van der Waals surface area (Å²) in [5.74, 6) is 0.655. The second-order valence-corrected chi connectivity index (χ2v) is 4.70. The van der Waals surface area contributed by atoms with Crippen LogP contribution in [0.5, 0.6) is 0 Å². The second-order valence-electron chi connectivity index (χ2n) is 4.70. The van der Waals surface area contributed by atoms with Gasteiger partial charge in [0.05, 0.1) is 5.52 Å². The lowest BCUT2D eigenvalue weighted by atomic mass is 10.1. The molecule has 2 N–H and O–H groups in total. The van der Waals surface area contributed by atoms with Crippen LogP contribution in [0.3, 0.4) is 0 Å². The van der Waals surface area contributed by atoms with E-state index in [-0.39, 0.29) is 5.69 Å². The molecule has 2 heterocycles. The molecule has 0 atom stereocenters. The Hall–Kier alpha value is -2.63. The third-order valence-electron chi connectivity index (χ3n) is 3.35. The lowest BCUT2D eigenvalue weighted by Crippen LogP contribution is -2.12. The summed E-state index contributed by atoms with van der Waals surface area (Å²) in [4.78, 5) is 17.3. The molecule has 0 saturated heterocycles. The van der Waals surface area contributed by atoms with Crippen LogP contribution in [0.4, 0.5) is 5.82 Å². The van der Waals surface area contributed by atoms with E-state index in [4.69, 9.17) is 0 Å². The number of nitrogens with one attached hydrogen (secondary N) is 2. The minimum Gasteiger partial charge on any atom is -0.367 e. The number of H-pyrrole nitrogens is 1. The van der Waals surface area contributed by atoms with Crippen LogP contribution in [-0.4, -0.2) is 19.7 Å². The summed E-state index contributed by atoms with van der Waals surface area (Å²) < 4.78 is 1.88. The van der Waals surface area contributed by atoms with E-state index in [1.165, 1.54) is 6.20 Å². The van der Waals surface area contributed by atoms with E-state index in [9.17, 15) is 4.79 Å². The smallest absolute Gasteiger partial charge is 0.346 e. The SMILES string of the molecule is Cc1c2ccc(CNc3ccnc(=O)[nH]3)cc2nn1C. The van der Waals surface area contributed by atoms with Crippen LogP contribution in [0.25, 0.3) is 10.9 Å². The van der Waals surface area contributed by atoms with E-state index in [1.54, 1.807) is 6.07 Å². The summed E-state index contributed by atoms with van der Waals surface area (Å²) in [7, 11) is 1.94. The summed E-state index contributed by atoms with van der Waals surface area (Å²) in [5.41, 5.74) is 2.88. The summed E-state index contributed by atoms with van der Waals surface area (Å²) >= 11 is 0. The minimum atomic E-state index is -0.356. The number of aryl methyl sites for hydroxylation is 2. The second kappa shape index (κ2) is 4.80. The van der Waals surface area contributed by atoms with E-state index in [2.05, 4.69) is 45.5 Å². The Labute approximate surface area is 115 Å². The third-order valence-corrected chi connectivity index (χ3v) is 3.35. The molecule has 0 radical (unpaired) electrons. The van der Waals surface area contributed by atoms with Crippen LogP contribution in [0.1, 0.15) is 11.3 Å². The number of aromatic amines is 1. The number of nitrogens with zero attached hydrogens (tertiary/aromatic N) is 3. The van der Waals surface area contributed by atoms with Gasteiger partial charge in [0.1, 0.15) is 5.82 Å². The van der Waals surface area contributed by atoms with Crippen molar-refractivity contribution in [2.75, 3.05) is 5.32 Å². The molecule has 0 spiro atoms. The van der Waals surface area contributed by atoms with Gasteiger partial charge in [-0.25, -0.2) is 9.78 Å². The Balaban J connectivity index is 1.83. The van der Waals surface area contributed by atoms with Gasteiger partial charge in [0, 0.05) is 30.9 Å². The average molecular weight is 269 g/mol. The Bertz CT molecular complexity index is 818. The minimum absolute atomic E-state index is 0.356. The first-order valence-electron chi connectivity index (χ1n) is 6.35. The van der Waals surface area contributed by atoms with Gasteiger partial charge in [-0.1, -0.05) is 12.1 Å². The van der Waals surface area contributed by atoms with Gasteiger partial charge in [-0.3, -0.25) is 9.67 Å². The topological polar surface area (TPSA) is 75.6 Å². The molecule has 20 heavy (non-hydrogen) atoms. The zero-order chi connectivity index (χ0) is 14.1. The molecule has 0 saturated carbocycles. The summed E-state index contributed by atoms with van der Waals surface area (Å²) in [6, 6.07) is 7.91.